The number of aromatic nitrogens is 3. The lowest BCUT2D eigenvalue weighted by atomic mass is 10.2. The summed E-state index contributed by atoms with van der Waals surface area (Å²) in [6.07, 6.45) is 5.68. The van der Waals surface area contributed by atoms with E-state index in [1.807, 2.05) is 24.0 Å². The average molecular weight is 294 g/mol. The highest BCUT2D eigenvalue weighted by Gasteiger charge is 2.14. The zero-order chi connectivity index (χ0) is 13.7. The van der Waals surface area contributed by atoms with Crippen molar-refractivity contribution >= 4 is 23.1 Å². The molecule has 0 saturated carbocycles. The zero-order valence-corrected chi connectivity index (χ0v) is 13.0. The van der Waals surface area contributed by atoms with Crippen molar-refractivity contribution in [3.8, 4) is 0 Å². The molecule has 0 amide bonds. The molecule has 0 unspecified atom stereocenters. The quantitative estimate of drug-likeness (QED) is 0.604. The fourth-order valence-electron chi connectivity index (χ4n) is 1.68. The van der Waals surface area contributed by atoms with Crippen LogP contribution in [-0.4, -0.2) is 32.7 Å². The molecule has 0 spiro atoms. The van der Waals surface area contributed by atoms with E-state index in [-0.39, 0.29) is 0 Å². The molecule has 0 radical (unpaired) electrons. The summed E-state index contributed by atoms with van der Waals surface area (Å²) < 4.78 is 0. The molecule has 2 aromatic heterocycles. The number of hydrogen-bond donors (Lipinski definition) is 0. The molecule has 0 aliphatic rings. The molecule has 0 fully saturated rings. The van der Waals surface area contributed by atoms with Crippen molar-refractivity contribution in [1.82, 2.24) is 19.9 Å². The Bertz CT molecular complexity index is 484. The summed E-state index contributed by atoms with van der Waals surface area (Å²) in [6, 6.07) is 0.310. The number of thioether (sulfide) groups is 1. The van der Waals surface area contributed by atoms with Crippen molar-refractivity contribution in [3.63, 3.8) is 0 Å². The van der Waals surface area contributed by atoms with Gasteiger partial charge >= 0.3 is 0 Å². The molecule has 2 rings (SSSR count). The van der Waals surface area contributed by atoms with E-state index in [1.54, 1.807) is 23.1 Å². The third kappa shape index (κ3) is 3.99. The summed E-state index contributed by atoms with van der Waals surface area (Å²) in [5.74, 6) is 1.00. The van der Waals surface area contributed by atoms with E-state index in [1.165, 1.54) is 0 Å². The molecule has 102 valence electrons. The molecule has 6 heteroatoms. The van der Waals surface area contributed by atoms with E-state index in [2.05, 4.69) is 40.7 Å². The molecule has 2 heterocycles. The van der Waals surface area contributed by atoms with Crippen LogP contribution in [0.15, 0.2) is 29.1 Å². The van der Waals surface area contributed by atoms with Crippen LogP contribution in [0.5, 0.6) is 0 Å². The van der Waals surface area contributed by atoms with Crippen molar-refractivity contribution in [1.29, 1.82) is 0 Å². The second-order valence-electron chi connectivity index (χ2n) is 4.27. The minimum absolute atomic E-state index is 0.310. The first kappa shape index (κ1) is 14.4. The van der Waals surface area contributed by atoms with Gasteiger partial charge in [0.15, 0.2) is 5.16 Å². The van der Waals surface area contributed by atoms with Gasteiger partial charge in [-0.25, -0.2) is 15.0 Å². The number of rotatable bonds is 6. The Morgan fingerprint density at radius 3 is 2.63 bits per heavy atom. The van der Waals surface area contributed by atoms with Gasteiger partial charge in [0.1, 0.15) is 5.01 Å². The van der Waals surface area contributed by atoms with E-state index < -0.39 is 0 Å². The topological polar surface area (TPSA) is 41.9 Å². The van der Waals surface area contributed by atoms with Crippen molar-refractivity contribution in [2.45, 2.75) is 31.6 Å². The Morgan fingerprint density at radius 1 is 1.32 bits per heavy atom. The van der Waals surface area contributed by atoms with Gasteiger partial charge in [-0.2, -0.15) is 0 Å². The summed E-state index contributed by atoms with van der Waals surface area (Å²) in [7, 11) is 2.10. The summed E-state index contributed by atoms with van der Waals surface area (Å²) in [5, 5.41) is 4.00. The summed E-state index contributed by atoms with van der Waals surface area (Å²) >= 11 is 3.35. The molecule has 0 aromatic carbocycles. The van der Waals surface area contributed by atoms with Gasteiger partial charge in [0.05, 0.1) is 6.04 Å². The summed E-state index contributed by atoms with van der Waals surface area (Å²) in [4.78, 5) is 15.3. The van der Waals surface area contributed by atoms with Gasteiger partial charge < -0.3 is 0 Å². The van der Waals surface area contributed by atoms with Crippen molar-refractivity contribution in [3.05, 3.63) is 34.5 Å². The van der Waals surface area contributed by atoms with E-state index in [0.717, 1.165) is 28.0 Å². The Hall–Kier alpha value is -0.980. The van der Waals surface area contributed by atoms with E-state index in [9.17, 15) is 0 Å². The smallest absolute Gasteiger partial charge is 0.187 e. The van der Waals surface area contributed by atoms with Crippen molar-refractivity contribution in [2.24, 2.45) is 0 Å². The van der Waals surface area contributed by atoms with Gasteiger partial charge in [-0.3, -0.25) is 4.90 Å². The van der Waals surface area contributed by atoms with Gasteiger partial charge in [-0.15, -0.1) is 11.3 Å². The van der Waals surface area contributed by atoms with Gasteiger partial charge in [0.25, 0.3) is 0 Å². The zero-order valence-electron chi connectivity index (χ0n) is 11.4. The molecular formula is C13H18N4S2. The molecular weight excluding hydrogens is 276 g/mol. The first-order chi connectivity index (χ1) is 9.20. The van der Waals surface area contributed by atoms with Crippen LogP contribution in [0.3, 0.4) is 0 Å². The summed E-state index contributed by atoms with van der Waals surface area (Å²) in [6.45, 7) is 5.10. The van der Waals surface area contributed by atoms with E-state index >= 15 is 0 Å². The molecule has 0 aliphatic heterocycles. The maximum Gasteiger partial charge on any atom is 0.187 e. The first-order valence-corrected chi connectivity index (χ1v) is 8.10. The normalized spacial score (nSPS) is 12.8. The average Bonchev–Trinajstić information content (AvgIpc) is 2.94. The van der Waals surface area contributed by atoms with Crippen LogP contribution in [0.2, 0.25) is 0 Å². The monoisotopic (exact) mass is 294 g/mol. The van der Waals surface area contributed by atoms with Crippen LogP contribution >= 0.6 is 23.1 Å². The highest BCUT2D eigenvalue weighted by atomic mass is 32.2. The second-order valence-corrected chi connectivity index (χ2v) is 6.43. The van der Waals surface area contributed by atoms with Crippen LogP contribution < -0.4 is 0 Å². The van der Waals surface area contributed by atoms with Crippen LogP contribution in [0, 0.1) is 0 Å². The largest absolute Gasteiger partial charge is 0.293 e. The highest BCUT2D eigenvalue weighted by molar-refractivity contribution is 7.99. The lowest BCUT2D eigenvalue weighted by Crippen LogP contribution is -2.22. The van der Waals surface area contributed by atoms with Crippen molar-refractivity contribution in [2.75, 3.05) is 12.8 Å². The van der Waals surface area contributed by atoms with Gasteiger partial charge in [-0.05, 0) is 19.7 Å². The Labute approximate surface area is 122 Å². The Kier molecular flexibility index (Phi) is 5.30. The number of thiazole rings is 1. The fraction of sp³-hybridized carbons (Fsp3) is 0.462. The van der Waals surface area contributed by atoms with Crippen LogP contribution in [0.1, 0.15) is 30.5 Å². The number of nitrogens with zero attached hydrogens (tertiary/aromatic N) is 4. The highest BCUT2D eigenvalue weighted by Crippen LogP contribution is 2.22. The number of hydrogen-bond acceptors (Lipinski definition) is 6. The van der Waals surface area contributed by atoms with E-state index in [4.69, 9.17) is 0 Å². The minimum Gasteiger partial charge on any atom is -0.293 e. The minimum atomic E-state index is 0.310. The predicted molar refractivity (Wildman–Crippen MR) is 80.4 cm³/mol. The van der Waals surface area contributed by atoms with Gasteiger partial charge in [-0.1, -0.05) is 18.7 Å². The molecule has 2 aromatic rings. The first-order valence-electron chi connectivity index (χ1n) is 6.24. The predicted octanol–water partition coefficient (Wildman–Crippen LogP) is 3.24. The lowest BCUT2D eigenvalue weighted by Gasteiger charge is -2.22. The molecule has 0 bridgehead atoms. The lowest BCUT2D eigenvalue weighted by molar-refractivity contribution is 0.252. The van der Waals surface area contributed by atoms with E-state index in [0.29, 0.717) is 6.04 Å². The summed E-state index contributed by atoms with van der Waals surface area (Å²) in [5.41, 5.74) is 1.13. The second kappa shape index (κ2) is 6.98. The standard InChI is InChI=1S/C13H18N4S2/c1-4-18-13-15-7-11(8-16-13)9-17(3)10(2)12-14-5-6-19-12/h5-8,10H,4,9H2,1-3H3/t10-/m1/s1. The Morgan fingerprint density at radius 2 is 2.05 bits per heavy atom. The van der Waals surface area contributed by atoms with Crippen LogP contribution in [-0.2, 0) is 6.54 Å². The van der Waals surface area contributed by atoms with Gasteiger partial charge in [0, 0.05) is 36.1 Å². The third-order valence-electron chi connectivity index (χ3n) is 2.86. The molecule has 4 nitrogen and oxygen atoms in total. The molecule has 0 N–H and O–H groups in total. The van der Waals surface area contributed by atoms with Gasteiger partial charge in [0.2, 0.25) is 0 Å². The SMILES string of the molecule is CCSc1ncc(CN(C)[C@H](C)c2nccs2)cn1. The van der Waals surface area contributed by atoms with Crippen LogP contribution in [0.4, 0.5) is 0 Å². The maximum absolute atomic E-state index is 4.36. The molecule has 1 atom stereocenters. The van der Waals surface area contributed by atoms with Crippen molar-refractivity contribution < 1.29 is 0 Å². The third-order valence-corrected chi connectivity index (χ3v) is 4.56. The Balaban J connectivity index is 1.96. The molecule has 19 heavy (non-hydrogen) atoms. The van der Waals surface area contributed by atoms with Crippen LogP contribution in [0.25, 0.3) is 0 Å². The molecule has 0 saturated heterocycles. The fourth-order valence-corrected chi connectivity index (χ4v) is 2.95. The maximum atomic E-state index is 4.36. The molecule has 0 aliphatic carbocycles.